The lowest BCUT2D eigenvalue weighted by Crippen LogP contribution is -1.96. The molecular weight excluding hydrogens is 592 g/mol. The van der Waals surface area contributed by atoms with Crippen molar-refractivity contribution in [2.75, 3.05) is 0 Å². The second-order valence-corrected chi connectivity index (χ2v) is 11.4. The molecule has 8 nitrogen and oxygen atoms in total. The number of hydrogen-bond donors (Lipinski definition) is 0. The monoisotopic (exact) mass is 614 g/mol. The van der Waals surface area contributed by atoms with E-state index in [1.54, 1.807) is 30.7 Å². The summed E-state index contributed by atoms with van der Waals surface area (Å²) in [6, 6.07) is 38.3. The van der Waals surface area contributed by atoms with E-state index in [1.807, 2.05) is 60.9 Å². The van der Waals surface area contributed by atoms with Crippen LogP contribution in [0.1, 0.15) is 11.1 Å². The smallest absolute Gasteiger partial charge is 0.0998 e. The summed E-state index contributed by atoms with van der Waals surface area (Å²) < 4.78 is 4.42. The first-order valence-electron chi connectivity index (χ1n) is 15.3. The Balaban J connectivity index is 1.29. The van der Waals surface area contributed by atoms with E-state index in [2.05, 4.69) is 73.7 Å². The Morgan fingerprint density at radius 2 is 1.25 bits per heavy atom. The quantitative estimate of drug-likeness (QED) is 0.197. The summed E-state index contributed by atoms with van der Waals surface area (Å²) in [5.74, 6) is 0. The molecule has 0 aliphatic heterocycles. The fraction of sp³-hybridized carbons (Fsp3) is 0. The summed E-state index contributed by atoms with van der Waals surface area (Å²) in [5.41, 5.74) is 11.5. The maximum absolute atomic E-state index is 10.2. The molecule has 0 aliphatic carbocycles. The van der Waals surface area contributed by atoms with Gasteiger partial charge < -0.3 is 9.13 Å². The third-order valence-corrected chi connectivity index (χ3v) is 8.80. The fourth-order valence-electron chi connectivity index (χ4n) is 6.83. The Bertz CT molecular complexity index is 2800. The van der Waals surface area contributed by atoms with Crippen LogP contribution in [0.4, 0.5) is 0 Å². The summed E-state index contributed by atoms with van der Waals surface area (Å²) in [4.78, 5) is 18.6. The van der Waals surface area contributed by atoms with E-state index in [-0.39, 0.29) is 0 Å². The van der Waals surface area contributed by atoms with Crippen LogP contribution in [-0.2, 0) is 0 Å². The van der Waals surface area contributed by atoms with E-state index < -0.39 is 0 Å². The number of aromatic nitrogens is 6. The van der Waals surface area contributed by atoms with E-state index in [9.17, 15) is 10.5 Å². The zero-order valence-electron chi connectivity index (χ0n) is 25.3. The maximum Gasteiger partial charge on any atom is 0.0998 e. The predicted octanol–water partition coefficient (Wildman–Crippen LogP) is 8.54. The average molecular weight is 615 g/mol. The molecule has 0 N–H and O–H groups in total. The SMILES string of the molecule is N#Cc1cc(C#N)c(-c2ccc3c(c2)c2ncccc2n3-c2ccc3c(c2)c2ncccc2n3-c2cccnc2)c(-c2ccccn2)c1. The van der Waals surface area contributed by atoms with Crippen molar-refractivity contribution in [2.45, 2.75) is 0 Å². The Morgan fingerprint density at radius 3 is 1.94 bits per heavy atom. The molecule has 0 unspecified atom stereocenters. The molecule has 0 fully saturated rings. The molecule has 0 saturated carbocycles. The van der Waals surface area contributed by atoms with Crippen molar-refractivity contribution in [2.24, 2.45) is 0 Å². The van der Waals surface area contributed by atoms with E-state index in [1.165, 1.54) is 0 Å². The molecule has 48 heavy (non-hydrogen) atoms. The fourth-order valence-corrected chi connectivity index (χ4v) is 6.83. The Morgan fingerprint density at radius 1 is 0.542 bits per heavy atom. The van der Waals surface area contributed by atoms with Crippen LogP contribution in [0, 0.1) is 22.7 Å². The minimum absolute atomic E-state index is 0.407. The molecule has 3 aromatic carbocycles. The first-order chi connectivity index (χ1) is 23.7. The topological polar surface area (TPSA) is 109 Å². The molecule has 0 saturated heterocycles. The van der Waals surface area contributed by atoms with Crippen molar-refractivity contribution < 1.29 is 0 Å². The first-order valence-corrected chi connectivity index (χ1v) is 15.3. The molecule has 0 aliphatic rings. The minimum atomic E-state index is 0.407. The first kappa shape index (κ1) is 27.2. The molecule has 6 aromatic heterocycles. The third kappa shape index (κ3) is 4.07. The minimum Gasteiger partial charge on any atom is -0.308 e. The number of fused-ring (bicyclic) bond motifs is 6. The van der Waals surface area contributed by atoms with Crippen molar-refractivity contribution in [1.29, 1.82) is 10.5 Å². The van der Waals surface area contributed by atoms with Crippen LogP contribution in [0.25, 0.3) is 77.6 Å². The van der Waals surface area contributed by atoms with Crippen molar-refractivity contribution >= 4 is 43.9 Å². The number of nitrogens with zero attached hydrogens (tertiary/aromatic N) is 8. The summed E-state index contributed by atoms with van der Waals surface area (Å²) in [6.07, 6.45) is 8.98. The zero-order valence-corrected chi connectivity index (χ0v) is 25.3. The largest absolute Gasteiger partial charge is 0.308 e. The highest BCUT2D eigenvalue weighted by Gasteiger charge is 2.20. The van der Waals surface area contributed by atoms with Crippen LogP contribution in [0.5, 0.6) is 0 Å². The highest BCUT2D eigenvalue weighted by atomic mass is 15.0. The molecule has 0 atom stereocenters. The van der Waals surface area contributed by atoms with Gasteiger partial charge in [0.05, 0.1) is 73.9 Å². The van der Waals surface area contributed by atoms with E-state index in [0.29, 0.717) is 16.8 Å². The second-order valence-electron chi connectivity index (χ2n) is 11.4. The van der Waals surface area contributed by atoms with Crippen molar-refractivity contribution in [3.05, 3.63) is 145 Å². The van der Waals surface area contributed by atoms with Gasteiger partial charge in [0, 0.05) is 52.4 Å². The zero-order chi connectivity index (χ0) is 32.2. The van der Waals surface area contributed by atoms with Crippen molar-refractivity contribution in [3.63, 3.8) is 0 Å². The average Bonchev–Trinajstić information content (AvgIpc) is 3.67. The van der Waals surface area contributed by atoms with Gasteiger partial charge in [-0.2, -0.15) is 10.5 Å². The maximum atomic E-state index is 10.2. The van der Waals surface area contributed by atoms with Gasteiger partial charge in [0.2, 0.25) is 0 Å². The van der Waals surface area contributed by atoms with Crippen molar-refractivity contribution in [1.82, 2.24) is 29.1 Å². The normalized spacial score (nSPS) is 11.3. The van der Waals surface area contributed by atoms with Gasteiger partial charge in [0.1, 0.15) is 0 Å². The third-order valence-electron chi connectivity index (χ3n) is 8.80. The Kier molecular flexibility index (Phi) is 6.07. The lowest BCUT2D eigenvalue weighted by atomic mass is 9.90. The van der Waals surface area contributed by atoms with Crippen LogP contribution in [-0.4, -0.2) is 29.1 Å². The van der Waals surface area contributed by atoms with Gasteiger partial charge in [-0.1, -0.05) is 12.1 Å². The molecular formula is C40H22N8. The summed E-state index contributed by atoms with van der Waals surface area (Å²) in [5, 5.41) is 22.0. The summed E-state index contributed by atoms with van der Waals surface area (Å²) in [6.45, 7) is 0. The van der Waals surface area contributed by atoms with Gasteiger partial charge in [-0.15, -0.1) is 0 Å². The van der Waals surface area contributed by atoms with Gasteiger partial charge in [-0.3, -0.25) is 19.9 Å². The number of benzene rings is 3. The van der Waals surface area contributed by atoms with E-state index in [4.69, 9.17) is 9.97 Å². The number of rotatable bonds is 4. The number of hydrogen-bond acceptors (Lipinski definition) is 6. The standard InChI is InChI=1S/C40H22N8/c41-22-25-18-27(23-42)38(30(19-25)33-7-1-2-15-44-33)26-10-12-34-31(20-26)39-36(8-4-16-45-39)47(34)28-11-13-35-32(21-28)40-37(9-5-17-46-40)48(35)29-6-3-14-43-24-29/h1-21,24H. The summed E-state index contributed by atoms with van der Waals surface area (Å²) in [7, 11) is 0. The van der Waals surface area contributed by atoms with Gasteiger partial charge in [-0.25, -0.2) is 0 Å². The lowest BCUT2D eigenvalue weighted by Gasteiger charge is -2.13. The Labute approximate surface area is 274 Å². The molecule has 222 valence electrons. The van der Waals surface area contributed by atoms with Crippen LogP contribution >= 0.6 is 0 Å². The molecule has 8 heteroatoms. The van der Waals surface area contributed by atoms with E-state index in [0.717, 1.165) is 71.9 Å². The molecule has 0 spiro atoms. The van der Waals surface area contributed by atoms with Crippen LogP contribution in [0.2, 0.25) is 0 Å². The molecule has 9 rings (SSSR count). The second kappa shape index (κ2) is 10.7. The Hall–Kier alpha value is -7.16. The highest BCUT2D eigenvalue weighted by molar-refractivity contribution is 6.11. The predicted molar refractivity (Wildman–Crippen MR) is 187 cm³/mol. The molecule has 0 bridgehead atoms. The lowest BCUT2D eigenvalue weighted by molar-refractivity contribution is 1.13. The molecule has 0 amide bonds. The van der Waals surface area contributed by atoms with Crippen LogP contribution in [0.15, 0.2) is 134 Å². The highest BCUT2D eigenvalue weighted by Crippen LogP contribution is 2.40. The molecule has 6 heterocycles. The molecule has 0 radical (unpaired) electrons. The van der Waals surface area contributed by atoms with Gasteiger partial charge in [-0.05, 0) is 96.6 Å². The molecule has 9 aromatic rings. The van der Waals surface area contributed by atoms with E-state index >= 15 is 0 Å². The van der Waals surface area contributed by atoms with Crippen LogP contribution in [0.3, 0.4) is 0 Å². The number of pyridine rings is 4. The van der Waals surface area contributed by atoms with Crippen LogP contribution < -0.4 is 0 Å². The van der Waals surface area contributed by atoms with Crippen molar-refractivity contribution in [3.8, 4) is 45.9 Å². The van der Waals surface area contributed by atoms with Gasteiger partial charge in [0.15, 0.2) is 0 Å². The van der Waals surface area contributed by atoms with Gasteiger partial charge in [0.25, 0.3) is 0 Å². The number of nitriles is 2. The summed E-state index contributed by atoms with van der Waals surface area (Å²) >= 11 is 0. The van der Waals surface area contributed by atoms with Gasteiger partial charge >= 0.3 is 0 Å².